The topological polar surface area (TPSA) is 69.4 Å². The molecule has 1 aromatic carbocycles. The third-order valence-electron chi connectivity index (χ3n) is 1.87. The Hall–Kier alpha value is -2.24. The van der Waals surface area contributed by atoms with Crippen LogP contribution in [0.5, 0.6) is 0 Å². The van der Waals surface area contributed by atoms with E-state index in [2.05, 4.69) is 4.74 Å². The van der Waals surface area contributed by atoms with Gasteiger partial charge in [0, 0.05) is 6.08 Å². The average molecular weight is 239 g/mol. The molecule has 6 heteroatoms. The summed E-state index contributed by atoms with van der Waals surface area (Å²) in [5.74, 6) is -1.31. The molecule has 0 saturated heterocycles. The van der Waals surface area contributed by atoms with Gasteiger partial charge < -0.3 is 4.74 Å². The van der Waals surface area contributed by atoms with E-state index in [9.17, 15) is 19.3 Å². The molecule has 17 heavy (non-hydrogen) atoms. The van der Waals surface area contributed by atoms with Gasteiger partial charge in [-0.05, 0) is 25.1 Å². The number of nitro groups is 1. The summed E-state index contributed by atoms with van der Waals surface area (Å²) in [4.78, 5) is 20.9. The number of hydrogen-bond acceptors (Lipinski definition) is 4. The fourth-order valence-corrected chi connectivity index (χ4v) is 1.16. The smallest absolute Gasteiger partial charge is 0.330 e. The molecule has 0 aliphatic carbocycles. The van der Waals surface area contributed by atoms with Crippen molar-refractivity contribution in [2.75, 3.05) is 6.61 Å². The first-order valence-corrected chi connectivity index (χ1v) is 4.83. The summed E-state index contributed by atoms with van der Waals surface area (Å²) in [5, 5.41) is 10.6. The van der Waals surface area contributed by atoms with Crippen molar-refractivity contribution in [2.24, 2.45) is 0 Å². The fourth-order valence-electron chi connectivity index (χ4n) is 1.16. The van der Waals surface area contributed by atoms with Gasteiger partial charge in [-0.15, -0.1) is 0 Å². The minimum atomic E-state index is -0.714. The molecule has 0 fully saturated rings. The van der Waals surface area contributed by atoms with Gasteiger partial charge in [-0.1, -0.05) is 0 Å². The van der Waals surface area contributed by atoms with Crippen LogP contribution in [0.3, 0.4) is 0 Å². The van der Waals surface area contributed by atoms with Crippen LogP contribution in [0.2, 0.25) is 0 Å². The maximum absolute atomic E-state index is 12.8. The van der Waals surface area contributed by atoms with Crippen LogP contribution in [0.15, 0.2) is 24.3 Å². The summed E-state index contributed by atoms with van der Waals surface area (Å²) < 4.78 is 17.4. The number of carbonyl (C=O) groups excluding carboxylic acids is 1. The molecule has 0 aliphatic heterocycles. The van der Waals surface area contributed by atoms with Crippen LogP contribution < -0.4 is 0 Å². The van der Waals surface area contributed by atoms with Crippen molar-refractivity contribution in [1.29, 1.82) is 0 Å². The average Bonchev–Trinajstić information content (AvgIpc) is 2.27. The quantitative estimate of drug-likeness (QED) is 0.350. The molecule has 0 atom stereocenters. The van der Waals surface area contributed by atoms with Crippen molar-refractivity contribution in [2.45, 2.75) is 6.92 Å². The molecule has 5 nitrogen and oxygen atoms in total. The van der Waals surface area contributed by atoms with Crippen LogP contribution in [0.4, 0.5) is 10.1 Å². The van der Waals surface area contributed by atoms with E-state index in [0.717, 1.165) is 18.2 Å². The Morgan fingerprint density at radius 2 is 2.29 bits per heavy atom. The summed E-state index contributed by atoms with van der Waals surface area (Å²) in [6.45, 7) is 1.86. The van der Waals surface area contributed by atoms with Gasteiger partial charge in [0.25, 0.3) is 5.69 Å². The Kier molecular flexibility index (Phi) is 4.33. The van der Waals surface area contributed by atoms with Crippen molar-refractivity contribution < 1.29 is 18.8 Å². The molecule has 0 bridgehead atoms. The maximum Gasteiger partial charge on any atom is 0.330 e. The van der Waals surface area contributed by atoms with E-state index in [-0.39, 0.29) is 12.2 Å². The molecule has 0 saturated carbocycles. The number of hydrogen-bond donors (Lipinski definition) is 0. The van der Waals surface area contributed by atoms with Crippen LogP contribution in [0, 0.1) is 15.9 Å². The van der Waals surface area contributed by atoms with Gasteiger partial charge in [-0.3, -0.25) is 10.1 Å². The van der Waals surface area contributed by atoms with Crippen molar-refractivity contribution in [3.63, 3.8) is 0 Å². The SMILES string of the molecule is CCOC(=O)/C=C/c1ccc(F)cc1[N+](=O)[O-]. The molecule has 1 aromatic rings. The van der Waals surface area contributed by atoms with Crippen LogP contribution in [-0.4, -0.2) is 17.5 Å². The number of benzene rings is 1. The zero-order valence-electron chi connectivity index (χ0n) is 9.05. The van der Waals surface area contributed by atoms with Gasteiger partial charge in [-0.2, -0.15) is 0 Å². The number of ether oxygens (including phenoxy) is 1. The van der Waals surface area contributed by atoms with Crippen molar-refractivity contribution in [3.8, 4) is 0 Å². The lowest BCUT2D eigenvalue weighted by atomic mass is 10.1. The van der Waals surface area contributed by atoms with Gasteiger partial charge in [0.05, 0.1) is 23.2 Å². The van der Waals surface area contributed by atoms with Gasteiger partial charge in [0.1, 0.15) is 5.82 Å². The second kappa shape index (κ2) is 5.74. The third kappa shape index (κ3) is 3.67. The Morgan fingerprint density at radius 1 is 1.59 bits per heavy atom. The molecule has 0 radical (unpaired) electrons. The Bertz CT molecular complexity index is 471. The lowest BCUT2D eigenvalue weighted by molar-refractivity contribution is -0.385. The first kappa shape index (κ1) is 12.8. The van der Waals surface area contributed by atoms with Gasteiger partial charge in [0.15, 0.2) is 0 Å². The van der Waals surface area contributed by atoms with E-state index in [1.165, 1.54) is 12.1 Å². The molecule has 0 heterocycles. The van der Waals surface area contributed by atoms with Crippen LogP contribution in [-0.2, 0) is 9.53 Å². The molecule has 0 spiro atoms. The first-order valence-electron chi connectivity index (χ1n) is 4.83. The Labute approximate surface area is 96.7 Å². The van der Waals surface area contributed by atoms with Crippen LogP contribution >= 0.6 is 0 Å². The fraction of sp³-hybridized carbons (Fsp3) is 0.182. The standard InChI is InChI=1S/C11H10FNO4/c1-2-17-11(14)6-4-8-3-5-9(12)7-10(8)13(15)16/h3-7H,2H2,1H3/b6-4+. The Morgan fingerprint density at radius 3 is 2.88 bits per heavy atom. The molecular weight excluding hydrogens is 229 g/mol. The molecular formula is C11H10FNO4. The molecule has 0 amide bonds. The van der Waals surface area contributed by atoms with E-state index >= 15 is 0 Å². The van der Waals surface area contributed by atoms with E-state index in [4.69, 9.17) is 0 Å². The highest BCUT2D eigenvalue weighted by Crippen LogP contribution is 2.20. The second-order valence-corrected chi connectivity index (χ2v) is 3.05. The third-order valence-corrected chi connectivity index (χ3v) is 1.87. The second-order valence-electron chi connectivity index (χ2n) is 3.05. The summed E-state index contributed by atoms with van der Waals surface area (Å²) in [7, 11) is 0. The highest BCUT2D eigenvalue weighted by molar-refractivity contribution is 5.87. The molecule has 0 aliphatic rings. The highest BCUT2D eigenvalue weighted by atomic mass is 19.1. The van der Waals surface area contributed by atoms with E-state index in [1.807, 2.05) is 0 Å². The molecule has 0 aromatic heterocycles. The largest absolute Gasteiger partial charge is 0.463 e. The van der Waals surface area contributed by atoms with E-state index in [1.54, 1.807) is 6.92 Å². The summed E-state index contributed by atoms with van der Waals surface area (Å²) in [6.07, 6.45) is 2.28. The zero-order valence-corrected chi connectivity index (χ0v) is 9.05. The Balaban J connectivity index is 2.98. The van der Waals surface area contributed by atoms with Crippen LogP contribution in [0.1, 0.15) is 12.5 Å². The first-order chi connectivity index (χ1) is 8.04. The molecule has 90 valence electrons. The molecule has 0 unspecified atom stereocenters. The minimum Gasteiger partial charge on any atom is -0.463 e. The van der Waals surface area contributed by atoms with E-state index < -0.39 is 22.4 Å². The van der Waals surface area contributed by atoms with E-state index in [0.29, 0.717) is 0 Å². The normalized spacial score (nSPS) is 10.5. The van der Waals surface area contributed by atoms with Gasteiger partial charge in [-0.25, -0.2) is 9.18 Å². The number of rotatable bonds is 4. The number of halogens is 1. The minimum absolute atomic E-state index is 0.143. The number of nitrogens with zero attached hydrogens (tertiary/aromatic N) is 1. The van der Waals surface area contributed by atoms with Crippen molar-refractivity contribution >= 4 is 17.7 Å². The highest BCUT2D eigenvalue weighted by Gasteiger charge is 2.12. The van der Waals surface area contributed by atoms with Gasteiger partial charge >= 0.3 is 5.97 Å². The predicted molar refractivity (Wildman–Crippen MR) is 58.7 cm³/mol. The molecule has 1 rings (SSSR count). The number of nitro benzene ring substituents is 1. The molecule has 0 N–H and O–H groups in total. The maximum atomic E-state index is 12.8. The van der Waals surface area contributed by atoms with Crippen molar-refractivity contribution in [1.82, 2.24) is 0 Å². The van der Waals surface area contributed by atoms with Crippen LogP contribution in [0.25, 0.3) is 6.08 Å². The predicted octanol–water partition coefficient (Wildman–Crippen LogP) is 2.31. The lowest BCUT2D eigenvalue weighted by Gasteiger charge is -1.98. The number of esters is 1. The lowest BCUT2D eigenvalue weighted by Crippen LogP contribution is -1.99. The number of carbonyl (C=O) groups is 1. The summed E-state index contributed by atoms with van der Waals surface area (Å²) >= 11 is 0. The monoisotopic (exact) mass is 239 g/mol. The zero-order chi connectivity index (χ0) is 12.8. The van der Waals surface area contributed by atoms with Gasteiger partial charge in [0.2, 0.25) is 0 Å². The summed E-state index contributed by atoms with van der Waals surface area (Å²) in [6, 6.07) is 3.10. The van der Waals surface area contributed by atoms with Crippen molar-refractivity contribution in [3.05, 3.63) is 45.8 Å². The summed E-state index contributed by atoms with van der Waals surface area (Å²) in [5.41, 5.74) is -0.255.